The number of carboxylic acid groups (broad SMARTS) is 1. The summed E-state index contributed by atoms with van der Waals surface area (Å²) < 4.78 is 0. The highest BCUT2D eigenvalue weighted by molar-refractivity contribution is 5.96. The van der Waals surface area contributed by atoms with Gasteiger partial charge in [-0.2, -0.15) is 0 Å². The number of primary amides is 1. The third kappa shape index (κ3) is 14.5. The van der Waals surface area contributed by atoms with E-state index in [4.69, 9.17) is 17.2 Å². The molecule has 0 unspecified atom stereocenters. The number of aliphatic hydroxyl groups is 1. The van der Waals surface area contributed by atoms with Crippen molar-refractivity contribution in [2.24, 2.45) is 23.1 Å². The molecule has 0 spiro atoms. The van der Waals surface area contributed by atoms with Crippen molar-refractivity contribution in [3.63, 3.8) is 0 Å². The van der Waals surface area contributed by atoms with Gasteiger partial charge in [0.05, 0.1) is 12.6 Å². The van der Waals surface area contributed by atoms with Gasteiger partial charge in [0, 0.05) is 13.1 Å². The van der Waals surface area contributed by atoms with Gasteiger partial charge < -0.3 is 64.0 Å². The quantitative estimate of drug-likeness (QED) is 0.0549. The number of nitrogens with two attached hydrogens (primary N) is 3. The summed E-state index contributed by atoms with van der Waals surface area (Å²) in [5, 5.41) is 41.7. The average Bonchev–Trinajstić information content (AvgIpc) is 3.60. The number of aliphatic carboxylic acids is 1. The highest BCUT2D eigenvalue weighted by Crippen LogP contribution is 2.20. The first-order valence-electron chi connectivity index (χ1n) is 17.7. The molecule has 1 aliphatic rings. The summed E-state index contributed by atoms with van der Waals surface area (Å²) in [4.78, 5) is 91.0. The predicted octanol–water partition coefficient (Wildman–Crippen LogP) is -2.50. The molecule has 6 atom stereocenters. The molecule has 0 bridgehead atoms. The maximum atomic E-state index is 13.6. The largest absolute Gasteiger partial charge is 0.508 e. The molecule has 1 heterocycles. The van der Waals surface area contributed by atoms with E-state index in [0.717, 1.165) is 0 Å². The molecule has 19 nitrogen and oxygen atoms in total. The molecule has 1 fully saturated rings. The Hall–Kier alpha value is -5.01. The van der Waals surface area contributed by atoms with Crippen LogP contribution in [0.3, 0.4) is 0 Å². The zero-order valence-corrected chi connectivity index (χ0v) is 30.2. The number of hydrogen-bond acceptors (Lipinski definition) is 11. The number of amides is 7. The molecule has 19 heteroatoms. The van der Waals surface area contributed by atoms with Gasteiger partial charge in [0.25, 0.3) is 0 Å². The fourth-order valence-electron chi connectivity index (χ4n) is 5.80. The molecule has 1 aliphatic heterocycles. The fourth-order valence-corrected chi connectivity index (χ4v) is 5.80. The zero-order valence-electron chi connectivity index (χ0n) is 30.2. The molecule has 14 N–H and O–H groups in total. The SMILES string of the molecule is CC(C)[C@H](NC(=O)[C@@H]1CCCN1C(=O)[C@H](CO)NC(=O)[C@@H](N)Cc1ccc(O)cc1)C(=O)N[C@@H](CCCNC(N)=O)C(=O)N[C@@H](CCCCN)C(=O)O. The van der Waals surface area contributed by atoms with Crippen molar-refractivity contribution in [3.8, 4) is 5.75 Å². The van der Waals surface area contributed by atoms with Crippen LogP contribution in [0.15, 0.2) is 24.3 Å². The minimum atomic E-state index is -1.40. The van der Waals surface area contributed by atoms with Gasteiger partial charge in [-0.1, -0.05) is 26.0 Å². The summed E-state index contributed by atoms with van der Waals surface area (Å²) >= 11 is 0. The van der Waals surface area contributed by atoms with Crippen LogP contribution in [0.4, 0.5) is 4.79 Å². The van der Waals surface area contributed by atoms with E-state index in [2.05, 4.69) is 26.6 Å². The van der Waals surface area contributed by atoms with Crippen molar-refractivity contribution in [2.45, 2.75) is 101 Å². The number of likely N-dealkylation sites (tertiary alicyclic amines) is 1. The van der Waals surface area contributed by atoms with Crippen LogP contribution in [-0.2, 0) is 35.2 Å². The number of aliphatic hydroxyl groups excluding tert-OH is 1. The summed E-state index contributed by atoms with van der Waals surface area (Å²) in [5.41, 5.74) is 17.3. The van der Waals surface area contributed by atoms with E-state index in [0.29, 0.717) is 31.4 Å². The Morgan fingerprint density at radius 2 is 1.49 bits per heavy atom. The number of benzene rings is 1. The molecule has 0 aromatic heterocycles. The number of nitrogens with one attached hydrogen (secondary N) is 5. The second-order valence-corrected chi connectivity index (χ2v) is 13.3. The summed E-state index contributed by atoms with van der Waals surface area (Å²) in [6.07, 6.45) is 2.02. The summed E-state index contributed by atoms with van der Waals surface area (Å²) in [7, 11) is 0. The van der Waals surface area contributed by atoms with Crippen LogP contribution in [0.2, 0.25) is 0 Å². The van der Waals surface area contributed by atoms with Crippen LogP contribution in [0.25, 0.3) is 0 Å². The Balaban J connectivity index is 2.14. The van der Waals surface area contributed by atoms with Crippen LogP contribution in [0, 0.1) is 5.92 Å². The molecule has 1 aromatic carbocycles. The third-order valence-electron chi connectivity index (χ3n) is 8.77. The van der Waals surface area contributed by atoms with Crippen LogP contribution in [-0.4, -0.2) is 124 Å². The fraction of sp³-hybridized carbons (Fsp3) is 0.618. The van der Waals surface area contributed by atoms with Gasteiger partial charge in [-0.15, -0.1) is 0 Å². The number of nitrogens with zero attached hydrogens (tertiary/aromatic N) is 1. The zero-order chi connectivity index (χ0) is 39.7. The number of rotatable bonds is 22. The maximum absolute atomic E-state index is 13.6. The second-order valence-electron chi connectivity index (χ2n) is 13.3. The van der Waals surface area contributed by atoms with Gasteiger partial charge in [0.1, 0.15) is 36.0 Å². The van der Waals surface area contributed by atoms with Crippen molar-refractivity contribution in [1.82, 2.24) is 31.5 Å². The average molecular weight is 750 g/mol. The molecule has 1 saturated heterocycles. The Bertz CT molecular complexity index is 1410. The third-order valence-corrected chi connectivity index (χ3v) is 8.77. The van der Waals surface area contributed by atoms with Crippen molar-refractivity contribution in [1.29, 1.82) is 0 Å². The van der Waals surface area contributed by atoms with E-state index in [1.165, 1.54) is 17.0 Å². The van der Waals surface area contributed by atoms with Gasteiger partial charge >= 0.3 is 12.0 Å². The Morgan fingerprint density at radius 1 is 0.868 bits per heavy atom. The van der Waals surface area contributed by atoms with Crippen LogP contribution < -0.4 is 43.8 Å². The number of aromatic hydroxyl groups is 1. The van der Waals surface area contributed by atoms with E-state index < -0.39 is 90.3 Å². The number of hydrogen-bond donors (Lipinski definition) is 11. The second kappa shape index (κ2) is 22.1. The minimum absolute atomic E-state index is 0.0104. The van der Waals surface area contributed by atoms with Crippen molar-refractivity contribution in [3.05, 3.63) is 29.8 Å². The van der Waals surface area contributed by atoms with E-state index in [1.807, 2.05) is 0 Å². The first-order valence-corrected chi connectivity index (χ1v) is 17.7. The number of carbonyl (C=O) groups excluding carboxylic acids is 6. The van der Waals surface area contributed by atoms with E-state index >= 15 is 0 Å². The summed E-state index contributed by atoms with van der Waals surface area (Å²) in [6, 6.07) is -1.93. The van der Waals surface area contributed by atoms with Crippen LogP contribution in [0.5, 0.6) is 5.75 Å². The molecule has 0 aliphatic carbocycles. The number of urea groups is 1. The predicted molar refractivity (Wildman–Crippen MR) is 192 cm³/mol. The van der Waals surface area contributed by atoms with Gasteiger partial charge in [-0.25, -0.2) is 9.59 Å². The lowest BCUT2D eigenvalue weighted by molar-refractivity contribution is -0.143. The van der Waals surface area contributed by atoms with Gasteiger partial charge in [-0.3, -0.25) is 24.0 Å². The molecule has 0 radical (unpaired) electrons. The topological polar surface area (TPSA) is 322 Å². The molecule has 0 saturated carbocycles. The Morgan fingerprint density at radius 3 is 2.08 bits per heavy atom. The van der Waals surface area contributed by atoms with Gasteiger partial charge in [0.2, 0.25) is 29.5 Å². The lowest BCUT2D eigenvalue weighted by Gasteiger charge is -2.31. The van der Waals surface area contributed by atoms with Crippen LogP contribution >= 0.6 is 0 Å². The number of phenolic OH excluding ortho intramolecular Hbond substituents is 1. The first-order chi connectivity index (χ1) is 25.1. The first kappa shape index (κ1) is 44.2. The molecular weight excluding hydrogens is 694 g/mol. The monoisotopic (exact) mass is 749 g/mol. The van der Waals surface area contributed by atoms with Crippen LogP contribution in [0.1, 0.15) is 64.4 Å². The normalized spacial score (nSPS) is 16.8. The smallest absolute Gasteiger partial charge is 0.326 e. The molecule has 53 heavy (non-hydrogen) atoms. The lowest BCUT2D eigenvalue weighted by atomic mass is 10.0. The van der Waals surface area contributed by atoms with E-state index in [9.17, 15) is 48.9 Å². The molecule has 1 aromatic rings. The van der Waals surface area contributed by atoms with E-state index in [-0.39, 0.29) is 50.9 Å². The number of carbonyl (C=O) groups is 7. The van der Waals surface area contributed by atoms with Crippen molar-refractivity contribution >= 4 is 41.5 Å². The highest BCUT2D eigenvalue weighted by atomic mass is 16.4. The molecule has 2 rings (SSSR count). The van der Waals surface area contributed by atoms with Gasteiger partial charge in [0.15, 0.2) is 0 Å². The molecule has 296 valence electrons. The number of phenols is 1. The lowest BCUT2D eigenvalue weighted by Crippen LogP contribution is -2.60. The summed E-state index contributed by atoms with van der Waals surface area (Å²) in [5.74, 6) is -5.36. The molecule has 7 amide bonds. The van der Waals surface area contributed by atoms with Crippen molar-refractivity contribution in [2.75, 3.05) is 26.2 Å². The Labute approximate surface area is 308 Å². The number of unbranched alkanes of at least 4 members (excludes halogenated alkanes) is 1. The highest BCUT2D eigenvalue weighted by Gasteiger charge is 2.40. The van der Waals surface area contributed by atoms with E-state index in [1.54, 1.807) is 26.0 Å². The standard InChI is InChI=1S/C34H55N9O10/c1-19(2)27(31(49)39-23(8-5-15-38-34(37)53)29(47)40-24(33(51)52)7-3-4-14-35)42-30(48)26-9-6-16-43(26)32(50)25(18-44)41-28(46)22(36)17-20-10-12-21(45)13-11-20/h10-13,19,22-27,44-45H,3-9,14-18,35-36H2,1-2H3,(H,39,49)(H,40,47)(H,41,46)(H,42,48)(H,51,52)(H3,37,38,53)/t22-,23-,24-,25-,26-,27-/m0/s1. The number of carboxylic acids is 1. The minimum Gasteiger partial charge on any atom is -0.508 e. The molecular formula is C34H55N9O10. The van der Waals surface area contributed by atoms with Gasteiger partial charge in [-0.05, 0) is 81.5 Å². The summed E-state index contributed by atoms with van der Waals surface area (Å²) in [6.45, 7) is 3.10. The Kier molecular flexibility index (Phi) is 18.4. The maximum Gasteiger partial charge on any atom is 0.326 e. The van der Waals surface area contributed by atoms with Crippen molar-refractivity contribution < 1.29 is 48.9 Å².